The van der Waals surface area contributed by atoms with Crippen LogP contribution in [0.1, 0.15) is 17.5 Å². The molecular formula is C21H23ClN2O3. The molecule has 1 fully saturated rings. The fraction of sp³-hybridized carbons (Fsp3) is 0.238. The highest BCUT2D eigenvalue weighted by Crippen LogP contribution is 2.43. The fourth-order valence-electron chi connectivity index (χ4n) is 3.52. The zero-order valence-electron chi connectivity index (χ0n) is 15.1. The number of hydrogen-bond donors (Lipinski definition) is 0. The SMILES string of the molecule is CCl.O.O=C1OC(Cn2cccn2)CC1(c1ccccc1)c1ccccc1. The fourth-order valence-corrected chi connectivity index (χ4v) is 3.52. The Labute approximate surface area is 163 Å². The third-order valence-electron chi connectivity index (χ3n) is 4.64. The second-order valence-corrected chi connectivity index (χ2v) is 6.10. The maximum absolute atomic E-state index is 13.0. The lowest BCUT2D eigenvalue weighted by Gasteiger charge is -2.26. The molecule has 0 amide bonds. The number of carbonyl (C=O) groups excluding carboxylic acids is 1. The second-order valence-electron chi connectivity index (χ2n) is 6.10. The van der Waals surface area contributed by atoms with Gasteiger partial charge in [-0.15, -0.1) is 11.6 Å². The van der Waals surface area contributed by atoms with Crippen molar-refractivity contribution in [1.29, 1.82) is 0 Å². The van der Waals surface area contributed by atoms with Crippen molar-refractivity contribution >= 4 is 17.6 Å². The zero-order chi connectivity index (χ0) is 18.4. The van der Waals surface area contributed by atoms with Gasteiger partial charge in [0.1, 0.15) is 11.5 Å². The highest BCUT2D eigenvalue weighted by Gasteiger charge is 2.51. The van der Waals surface area contributed by atoms with Gasteiger partial charge in [-0.2, -0.15) is 5.10 Å². The molecule has 0 radical (unpaired) electrons. The molecule has 1 aromatic heterocycles. The lowest BCUT2D eigenvalue weighted by molar-refractivity contribution is -0.145. The molecule has 6 heteroatoms. The molecule has 1 atom stereocenters. The third-order valence-corrected chi connectivity index (χ3v) is 4.64. The van der Waals surface area contributed by atoms with Crippen LogP contribution in [0.25, 0.3) is 0 Å². The van der Waals surface area contributed by atoms with Crippen molar-refractivity contribution in [3.05, 3.63) is 90.3 Å². The number of hydrogen-bond acceptors (Lipinski definition) is 3. The van der Waals surface area contributed by atoms with E-state index >= 15 is 0 Å². The first kappa shape index (κ1) is 20.7. The minimum atomic E-state index is -0.750. The zero-order valence-corrected chi connectivity index (χ0v) is 15.8. The van der Waals surface area contributed by atoms with Crippen LogP contribution in [0.4, 0.5) is 0 Å². The Morgan fingerprint density at radius 3 is 2.07 bits per heavy atom. The Kier molecular flexibility index (Phi) is 7.16. The van der Waals surface area contributed by atoms with Crippen molar-refractivity contribution in [3.63, 3.8) is 0 Å². The van der Waals surface area contributed by atoms with Crippen LogP contribution in [0.5, 0.6) is 0 Å². The predicted molar refractivity (Wildman–Crippen MR) is 106 cm³/mol. The number of cyclic esters (lactones) is 1. The summed E-state index contributed by atoms with van der Waals surface area (Å²) in [6.07, 6.45) is 5.51. The lowest BCUT2D eigenvalue weighted by Crippen LogP contribution is -2.33. The summed E-state index contributed by atoms with van der Waals surface area (Å²) in [6.45, 7) is 0.570. The van der Waals surface area contributed by atoms with Crippen molar-refractivity contribution in [2.45, 2.75) is 24.5 Å². The van der Waals surface area contributed by atoms with Crippen LogP contribution < -0.4 is 0 Å². The van der Waals surface area contributed by atoms with E-state index in [0.717, 1.165) is 11.1 Å². The van der Waals surface area contributed by atoms with Crippen molar-refractivity contribution in [3.8, 4) is 0 Å². The Morgan fingerprint density at radius 1 is 1.04 bits per heavy atom. The number of benzene rings is 2. The number of nitrogens with zero attached hydrogens (tertiary/aromatic N) is 2. The highest BCUT2D eigenvalue weighted by atomic mass is 35.5. The first-order chi connectivity index (χ1) is 12.8. The van der Waals surface area contributed by atoms with Crippen LogP contribution in [0.2, 0.25) is 0 Å². The molecule has 142 valence electrons. The molecule has 0 spiro atoms. The number of alkyl halides is 1. The number of ether oxygens (including phenoxy) is 1. The minimum Gasteiger partial charge on any atom is -0.459 e. The smallest absolute Gasteiger partial charge is 0.321 e. The van der Waals surface area contributed by atoms with E-state index in [0.29, 0.717) is 13.0 Å². The van der Waals surface area contributed by atoms with E-state index in [9.17, 15) is 4.79 Å². The van der Waals surface area contributed by atoms with E-state index < -0.39 is 5.41 Å². The first-order valence-corrected chi connectivity index (χ1v) is 9.22. The Morgan fingerprint density at radius 2 is 1.59 bits per heavy atom. The molecule has 0 saturated carbocycles. The molecule has 1 aliphatic heterocycles. The van der Waals surface area contributed by atoms with Crippen molar-refractivity contribution < 1.29 is 15.0 Å². The maximum atomic E-state index is 13.0. The average Bonchev–Trinajstić information content (AvgIpc) is 3.33. The summed E-state index contributed by atoms with van der Waals surface area (Å²) in [4.78, 5) is 13.0. The second kappa shape index (κ2) is 9.35. The predicted octanol–water partition coefficient (Wildman–Crippen LogP) is 3.22. The molecule has 1 unspecified atom stereocenters. The summed E-state index contributed by atoms with van der Waals surface area (Å²) in [5, 5.41) is 4.22. The minimum absolute atomic E-state index is 0. The summed E-state index contributed by atoms with van der Waals surface area (Å²) in [7, 11) is 0. The van der Waals surface area contributed by atoms with Gasteiger partial charge >= 0.3 is 5.97 Å². The molecule has 3 aromatic rings. The summed E-state index contributed by atoms with van der Waals surface area (Å²) in [5.41, 5.74) is 1.20. The molecular weight excluding hydrogens is 364 g/mol. The Balaban J connectivity index is 0.000000844. The largest absolute Gasteiger partial charge is 0.459 e. The van der Waals surface area contributed by atoms with Gasteiger partial charge < -0.3 is 10.2 Å². The van der Waals surface area contributed by atoms with E-state index in [1.807, 2.05) is 77.6 Å². The lowest BCUT2D eigenvalue weighted by atomic mass is 9.72. The Bertz CT molecular complexity index is 784. The normalized spacial score (nSPS) is 17.3. The third kappa shape index (κ3) is 4.04. The van der Waals surface area contributed by atoms with Crippen LogP contribution in [-0.4, -0.2) is 33.7 Å². The average molecular weight is 387 g/mol. The van der Waals surface area contributed by atoms with Gasteiger partial charge in [0.25, 0.3) is 0 Å². The number of halogens is 1. The maximum Gasteiger partial charge on any atom is 0.321 e. The van der Waals surface area contributed by atoms with Crippen molar-refractivity contribution in [2.75, 3.05) is 6.38 Å². The van der Waals surface area contributed by atoms with Crippen LogP contribution in [0.15, 0.2) is 79.1 Å². The number of esters is 1. The standard InChI is InChI=1S/C20H18N2O2.CH3Cl.H2O/c23-19-20(16-8-3-1-4-9-16,17-10-5-2-6-11-17)14-18(24-19)15-22-13-7-12-21-22;1-2;/h1-13,18H,14-15H2;1H3;1H2. The molecule has 2 aromatic carbocycles. The topological polar surface area (TPSA) is 75.6 Å². The van der Waals surface area contributed by atoms with Crippen LogP contribution in [0, 0.1) is 0 Å². The molecule has 0 aliphatic carbocycles. The monoisotopic (exact) mass is 386 g/mol. The van der Waals surface area contributed by atoms with E-state index in [1.165, 1.54) is 6.38 Å². The van der Waals surface area contributed by atoms with Gasteiger partial charge in [0.15, 0.2) is 0 Å². The van der Waals surface area contributed by atoms with E-state index in [4.69, 9.17) is 4.74 Å². The molecule has 2 heterocycles. The van der Waals surface area contributed by atoms with E-state index in [1.54, 1.807) is 6.20 Å². The number of carbonyl (C=O) groups is 1. The molecule has 1 saturated heterocycles. The van der Waals surface area contributed by atoms with E-state index in [2.05, 4.69) is 16.7 Å². The molecule has 2 N–H and O–H groups in total. The number of aromatic nitrogens is 2. The van der Waals surface area contributed by atoms with Gasteiger partial charge in [-0.25, -0.2) is 0 Å². The van der Waals surface area contributed by atoms with Crippen LogP contribution in [0.3, 0.4) is 0 Å². The van der Waals surface area contributed by atoms with Crippen molar-refractivity contribution in [2.24, 2.45) is 0 Å². The van der Waals surface area contributed by atoms with Crippen molar-refractivity contribution in [1.82, 2.24) is 9.78 Å². The number of rotatable bonds is 4. The van der Waals surface area contributed by atoms with Gasteiger partial charge in [0, 0.05) is 25.2 Å². The van der Waals surface area contributed by atoms with Crippen LogP contribution in [-0.2, 0) is 21.5 Å². The summed E-state index contributed by atoms with van der Waals surface area (Å²) < 4.78 is 7.57. The molecule has 0 bridgehead atoms. The summed E-state index contributed by atoms with van der Waals surface area (Å²) in [6, 6.07) is 21.7. The highest BCUT2D eigenvalue weighted by molar-refractivity contribution is 6.15. The van der Waals surface area contributed by atoms with Gasteiger partial charge in [-0.1, -0.05) is 60.7 Å². The molecule has 5 nitrogen and oxygen atoms in total. The summed E-state index contributed by atoms with van der Waals surface area (Å²) >= 11 is 4.64. The summed E-state index contributed by atoms with van der Waals surface area (Å²) in [5.74, 6) is -0.183. The van der Waals surface area contributed by atoms with Gasteiger partial charge in [0.2, 0.25) is 0 Å². The van der Waals surface area contributed by atoms with Gasteiger partial charge in [0.05, 0.1) is 6.54 Å². The van der Waals surface area contributed by atoms with E-state index in [-0.39, 0.29) is 17.5 Å². The first-order valence-electron chi connectivity index (χ1n) is 8.46. The molecule has 4 rings (SSSR count). The Hall–Kier alpha value is -2.63. The van der Waals surface area contributed by atoms with Gasteiger partial charge in [-0.3, -0.25) is 9.48 Å². The molecule has 27 heavy (non-hydrogen) atoms. The van der Waals surface area contributed by atoms with Crippen LogP contribution >= 0.6 is 11.6 Å². The molecule has 1 aliphatic rings. The quantitative estimate of drug-likeness (QED) is 0.510. The van der Waals surface area contributed by atoms with Gasteiger partial charge in [-0.05, 0) is 17.2 Å².